The predicted molar refractivity (Wildman–Crippen MR) is 227 cm³/mol. The second-order valence-corrected chi connectivity index (χ2v) is 18.3. The second-order valence-electron chi connectivity index (χ2n) is 16.5. The third-order valence-corrected chi connectivity index (χ3v) is 14.8. The summed E-state index contributed by atoms with van der Waals surface area (Å²) in [5.41, 5.74) is 10.5. The Bertz CT molecular complexity index is 1250. The molecule has 2 aliphatic rings. The van der Waals surface area contributed by atoms with Gasteiger partial charge >= 0.3 is 0 Å². The maximum atomic E-state index is 2.81. The standard InChI is InChI=1S/C48H74S2/c1-5-9-13-17-21-25-31-47(32-26-22-18-14-10-6-2)41-29-35-49-45(41)39-38-44-40(37-43(39)47)46-42(30-36-50-46)48(44,33-27-23-19-15-11-7-3)34-28-24-20-16-12-8-4/h29-30,35-38H,5-28,31-34H2,1-4H3. The van der Waals surface area contributed by atoms with Crippen molar-refractivity contribution in [2.75, 3.05) is 0 Å². The van der Waals surface area contributed by atoms with Crippen LogP contribution in [0.1, 0.15) is 230 Å². The maximum absolute atomic E-state index is 2.81. The van der Waals surface area contributed by atoms with Crippen LogP contribution in [-0.2, 0) is 10.8 Å². The topological polar surface area (TPSA) is 0 Å². The molecule has 0 spiro atoms. The van der Waals surface area contributed by atoms with Crippen molar-refractivity contribution < 1.29 is 0 Å². The van der Waals surface area contributed by atoms with E-state index in [4.69, 9.17) is 0 Å². The van der Waals surface area contributed by atoms with Crippen molar-refractivity contribution in [2.45, 2.75) is 218 Å². The molecule has 2 heterocycles. The average molecular weight is 715 g/mol. The van der Waals surface area contributed by atoms with Gasteiger partial charge in [0.1, 0.15) is 0 Å². The summed E-state index contributed by atoms with van der Waals surface area (Å²) in [6.45, 7) is 9.37. The van der Waals surface area contributed by atoms with E-state index < -0.39 is 0 Å². The fourth-order valence-electron chi connectivity index (χ4n) is 10.0. The van der Waals surface area contributed by atoms with Gasteiger partial charge in [-0.05, 0) is 94.1 Å². The van der Waals surface area contributed by atoms with Gasteiger partial charge in [0.05, 0.1) is 0 Å². The fourth-order valence-corrected chi connectivity index (χ4v) is 12.1. The van der Waals surface area contributed by atoms with E-state index in [9.17, 15) is 0 Å². The molecule has 1 aromatic carbocycles. The van der Waals surface area contributed by atoms with Crippen LogP contribution in [0.25, 0.3) is 20.9 Å². The van der Waals surface area contributed by atoms with Gasteiger partial charge in [-0.1, -0.05) is 182 Å². The van der Waals surface area contributed by atoms with E-state index in [0.29, 0.717) is 0 Å². The van der Waals surface area contributed by atoms with Crippen molar-refractivity contribution in [1.82, 2.24) is 0 Å². The first-order valence-corrected chi connectivity index (χ1v) is 23.8. The normalized spacial score (nSPS) is 15.0. The number of rotatable bonds is 28. The Balaban J connectivity index is 1.49. The molecular formula is C48H74S2. The minimum absolute atomic E-state index is 0.205. The first-order valence-electron chi connectivity index (χ1n) is 22.0. The smallest absolute Gasteiger partial charge is 0.0387 e. The van der Waals surface area contributed by atoms with Gasteiger partial charge in [-0.15, -0.1) is 22.7 Å². The summed E-state index contributed by atoms with van der Waals surface area (Å²) in [5.74, 6) is 0. The summed E-state index contributed by atoms with van der Waals surface area (Å²) in [6.07, 6.45) is 38.6. The van der Waals surface area contributed by atoms with Crippen molar-refractivity contribution >= 4 is 22.7 Å². The Morgan fingerprint density at radius 2 is 0.640 bits per heavy atom. The molecule has 3 aromatic rings. The molecule has 0 amide bonds. The molecule has 2 heteroatoms. The van der Waals surface area contributed by atoms with Gasteiger partial charge in [0.2, 0.25) is 0 Å². The van der Waals surface area contributed by atoms with Crippen LogP contribution in [0.2, 0.25) is 0 Å². The van der Waals surface area contributed by atoms with Gasteiger partial charge in [0.15, 0.2) is 0 Å². The van der Waals surface area contributed by atoms with Gasteiger partial charge in [0, 0.05) is 20.6 Å². The van der Waals surface area contributed by atoms with Crippen LogP contribution in [0.3, 0.4) is 0 Å². The van der Waals surface area contributed by atoms with E-state index in [-0.39, 0.29) is 10.8 Å². The van der Waals surface area contributed by atoms with Gasteiger partial charge in [-0.3, -0.25) is 0 Å². The molecule has 2 aromatic heterocycles. The van der Waals surface area contributed by atoms with E-state index in [1.54, 1.807) is 43.1 Å². The molecule has 0 saturated carbocycles. The van der Waals surface area contributed by atoms with Crippen LogP contribution in [-0.4, -0.2) is 0 Å². The minimum Gasteiger partial charge on any atom is -0.143 e. The van der Waals surface area contributed by atoms with Crippen LogP contribution in [0.4, 0.5) is 0 Å². The SMILES string of the molecule is CCCCCCCCC1(CCCCCCCC)c2cc3c(cc2-c2sccc21)C(CCCCCCCC)(CCCCCCCC)c1ccsc1-3. The van der Waals surface area contributed by atoms with Crippen molar-refractivity contribution in [3.8, 4) is 20.9 Å². The van der Waals surface area contributed by atoms with Crippen LogP contribution in [0.5, 0.6) is 0 Å². The minimum atomic E-state index is 0.205. The van der Waals surface area contributed by atoms with Crippen molar-refractivity contribution in [2.24, 2.45) is 0 Å². The summed E-state index contributed by atoms with van der Waals surface area (Å²) in [5, 5.41) is 4.88. The molecule has 278 valence electrons. The van der Waals surface area contributed by atoms with E-state index >= 15 is 0 Å². The lowest BCUT2D eigenvalue weighted by atomic mass is 9.68. The third kappa shape index (κ3) is 9.21. The molecule has 0 atom stereocenters. The van der Waals surface area contributed by atoms with E-state index in [1.807, 2.05) is 22.7 Å². The quantitative estimate of drug-likeness (QED) is 0.0657. The number of benzene rings is 1. The lowest BCUT2D eigenvalue weighted by Crippen LogP contribution is -2.27. The van der Waals surface area contributed by atoms with E-state index in [0.717, 1.165) is 0 Å². The highest BCUT2D eigenvalue weighted by Gasteiger charge is 2.48. The largest absolute Gasteiger partial charge is 0.143 e. The monoisotopic (exact) mass is 715 g/mol. The third-order valence-electron chi connectivity index (χ3n) is 12.9. The molecule has 5 rings (SSSR count). The van der Waals surface area contributed by atoms with E-state index in [1.165, 1.54) is 180 Å². The summed E-state index contributed by atoms with van der Waals surface area (Å²) in [7, 11) is 0. The average Bonchev–Trinajstić information content (AvgIpc) is 3.91. The summed E-state index contributed by atoms with van der Waals surface area (Å²) >= 11 is 4.10. The summed E-state index contributed by atoms with van der Waals surface area (Å²) in [4.78, 5) is 3.26. The number of hydrogen-bond acceptors (Lipinski definition) is 2. The zero-order chi connectivity index (χ0) is 35.1. The van der Waals surface area contributed by atoms with Crippen molar-refractivity contribution in [3.05, 3.63) is 57.3 Å². The zero-order valence-corrected chi connectivity index (χ0v) is 34.7. The Morgan fingerprint density at radius 3 is 0.940 bits per heavy atom. The van der Waals surface area contributed by atoms with Gasteiger partial charge in [-0.25, -0.2) is 0 Å². The van der Waals surface area contributed by atoms with Gasteiger partial charge in [0.25, 0.3) is 0 Å². The van der Waals surface area contributed by atoms with Gasteiger partial charge in [-0.2, -0.15) is 0 Å². The molecule has 0 fully saturated rings. The summed E-state index contributed by atoms with van der Waals surface area (Å²) < 4.78 is 0. The predicted octanol–water partition coefficient (Wildman–Crippen LogP) is 17.3. The Morgan fingerprint density at radius 1 is 0.360 bits per heavy atom. The highest BCUT2D eigenvalue weighted by Crippen LogP contribution is 2.62. The maximum Gasteiger partial charge on any atom is 0.0387 e. The number of unbranched alkanes of at least 4 members (excludes halogenated alkanes) is 20. The number of fused-ring (bicyclic) bond motifs is 6. The molecule has 50 heavy (non-hydrogen) atoms. The zero-order valence-electron chi connectivity index (χ0n) is 33.1. The van der Waals surface area contributed by atoms with Gasteiger partial charge < -0.3 is 0 Å². The highest BCUT2D eigenvalue weighted by atomic mass is 32.1. The molecule has 2 aliphatic carbocycles. The number of thiophene rings is 2. The second kappa shape index (κ2) is 20.8. The molecule has 0 saturated heterocycles. The Labute approximate surface area is 317 Å². The van der Waals surface area contributed by atoms with Crippen LogP contribution < -0.4 is 0 Å². The number of hydrogen-bond donors (Lipinski definition) is 0. The lowest BCUT2D eigenvalue weighted by Gasteiger charge is -2.34. The Hall–Kier alpha value is -1.38. The molecule has 0 N–H and O–H groups in total. The van der Waals surface area contributed by atoms with E-state index in [2.05, 4.69) is 62.7 Å². The Kier molecular flexibility index (Phi) is 16.5. The van der Waals surface area contributed by atoms with Crippen molar-refractivity contribution in [1.29, 1.82) is 0 Å². The molecular weight excluding hydrogens is 641 g/mol. The molecule has 0 nitrogen and oxygen atoms in total. The highest BCUT2D eigenvalue weighted by molar-refractivity contribution is 7.14. The van der Waals surface area contributed by atoms with Crippen LogP contribution in [0, 0.1) is 0 Å². The lowest BCUT2D eigenvalue weighted by molar-refractivity contribution is 0.395. The fraction of sp³-hybridized carbons (Fsp3) is 0.708. The summed E-state index contributed by atoms with van der Waals surface area (Å²) in [6, 6.07) is 10.8. The first-order chi connectivity index (χ1) is 24.7. The molecule has 0 bridgehead atoms. The molecule has 0 unspecified atom stereocenters. The molecule has 0 radical (unpaired) electrons. The molecule has 0 aliphatic heterocycles. The first kappa shape index (κ1) is 39.8. The van der Waals surface area contributed by atoms with Crippen molar-refractivity contribution in [3.63, 3.8) is 0 Å². The van der Waals surface area contributed by atoms with Crippen LogP contribution in [0.15, 0.2) is 35.0 Å². The van der Waals surface area contributed by atoms with Crippen LogP contribution >= 0.6 is 22.7 Å².